The van der Waals surface area contributed by atoms with Crippen molar-refractivity contribution in [3.63, 3.8) is 0 Å². The number of nitrogens with zero attached hydrogens (tertiary/aromatic N) is 1. The molecule has 2 aromatic rings. The summed E-state index contributed by atoms with van der Waals surface area (Å²) in [5.74, 6) is 1.74. The van der Waals surface area contributed by atoms with Crippen molar-refractivity contribution in [2.24, 2.45) is 0 Å². The minimum absolute atomic E-state index is 0.526. The number of aryl methyl sites for hydroxylation is 2. The van der Waals surface area contributed by atoms with Gasteiger partial charge in [0.2, 0.25) is 0 Å². The fraction of sp³-hybridized carbons (Fsp3) is 0.448. The smallest absolute Gasteiger partial charge is 0.102 e. The van der Waals surface area contributed by atoms with Crippen LogP contribution in [0.1, 0.15) is 75.1 Å². The molecule has 0 unspecified atom stereocenters. The average Bonchev–Trinajstić information content (AvgIpc) is 2.95. The number of fused-ring (bicyclic) bond motifs is 1. The SMILES string of the molecule is CCC=C(Nc1cccc(C(C)C)c1)N(CCC)CC1=Cc2cc(C)cc(C)c2NCC1. The monoisotopic (exact) mass is 431 g/mol. The molecule has 3 heteroatoms. The molecule has 0 saturated carbocycles. The van der Waals surface area contributed by atoms with Gasteiger partial charge in [0.25, 0.3) is 0 Å². The van der Waals surface area contributed by atoms with Gasteiger partial charge < -0.3 is 15.5 Å². The first-order chi connectivity index (χ1) is 15.4. The van der Waals surface area contributed by atoms with Crippen LogP contribution in [0.4, 0.5) is 11.4 Å². The van der Waals surface area contributed by atoms with Crippen molar-refractivity contribution in [3.8, 4) is 0 Å². The Balaban J connectivity index is 1.87. The van der Waals surface area contributed by atoms with Crippen LogP contribution >= 0.6 is 0 Å². The van der Waals surface area contributed by atoms with Crippen LogP contribution in [0.2, 0.25) is 0 Å². The maximum atomic E-state index is 3.75. The lowest BCUT2D eigenvalue weighted by atomic mass is 10.0. The molecule has 3 rings (SSSR count). The van der Waals surface area contributed by atoms with Gasteiger partial charge in [-0.25, -0.2) is 0 Å². The van der Waals surface area contributed by atoms with Gasteiger partial charge in [0.1, 0.15) is 5.82 Å². The van der Waals surface area contributed by atoms with Crippen molar-refractivity contribution >= 4 is 17.5 Å². The number of hydrogen-bond donors (Lipinski definition) is 2. The number of allylic oxidation sites excluding steroid dienone is 1. The summed E-state index contributed by atoms with van der Waals surface area (Å²) >= 11 is 0. The molecule has 1 aliphatic rings. The molecule has 0 aromatic heterocycles. The van der Waals surface area contributed by atoms with Crippen LogP contribution in [0.15, 0.2) is 53.9 Å². The summed E-state index contributed by atoms with van der Waals surface area (Å²) in [6, 6.07) is 13.4. The summed E-state index contributed by atoms with van der Waals surface area (Å²) in [5, 5.41) is 7.41. The van der Waals surface area contributed by atoms with Crippen molar-refractivity contribution < 1.29 is 0 Å². The third-order valence-electron chi connectivity index (χ3n) is 6.07. The summed E-state index contributed by atoms with van der Waals surface area (Å²) in [6.07, 6.45) is 7.94. The summed E-state index contributed by atoms with van der Waals surface area (Å²) in [4.78, 5) is 2.52. The lowest BCUT2D eigenvalue weighted by Gasteiger charge is -2.29. The molecule has 2 N–H and O–H groups in total. The lowest BCUT2D eigenvalue weighted by Crippen LogP contribution is -2.30. The average molecular weight is 432 g/mol. The van der Waals surface area contributed by atoms with Crippen LogP contribution in [0.25, 0.3) is 6.08 Å². The minimum Gasteiger partial charge on any atom is -0.384 e. The normalized spacial score (nSPS) is 13.8. The molecule has 32 heavy (non-hydrogen) atoms. The van der Waals surface area contributed by atoms with E-state index in [1.807, 2.05) is 0 Å². The maximum Gasteiger partial charge on any atom is 0.102 e. The van der Waals surface area contributed by atoms with E-state index >= 15 is 0 Å². The second kappa shape index (κ2) is 11.3. The van der Waals surface area contributed by atoms with Gasteiger partial charge in [-0.05, 0) is 85.6 Å². The van der Waals surface area contributed by atoms with E-state index in [-0.39, 0.29) is 0 Å². The Morgan fingerprint density at radius 3 is 2.69 bits per heavy atom. The van der Waals surface area contributed by atoms with E-state index in [0.29, 0.717) is 5.92 Å². The Bertz CT molecular complexity index is 968. The van der Waals surface area contributed by atoms with Gasteiger partial charge in [0.05, 0.1) is 0 Å². The van der Waals surface area contributed by atoms with Gasteiger partial charge in [0, 0.05) is 31.0 Å². The first kappa shape index (κ1) is 24.0. The number of anilines is 2. The van der Waals surface area contributed by atoms with Gasteiger partial charge in [-0.1, -0.05) is 57.5 Å². The molecular weight excluding hydrogens is 390 g/mol. The molecule has 0 radical (unpaired) electrons. The standard InChI is InChI=1S/C29H41N3/c1-7-10-28(31-27-12-9-11-25(19-27)21(3)4)32(15-8-2)20-24-13-14-30-29-23(6)16-22(5)17-26(29)18-24/h9-12,16-19,21,30-31H,7-8,13-15,20H2,1-6H3. The topological polar surface area (TPSA) is 27.3 Å². The summed E-state index contributed by atoms with van der Waals surface area (Å²) in [7, 11) is 0. The van der Waals surface area contributed by atoms with Crippen LogP contribution in [0.3, 0.4) is 0 Å². The summed E-state index contributed by atoms with van der Waals surface area (Å²) in [6.45, 7) is 16.3. The summed E-state index contributed by atoms with van der Waals surface area (Å²) < 4.78 is 0. The highest BCUT2D eigenvalue weighted by Crippen LogP contribution is 2.29. The molecule has 0 saturated heterocycles. The van der Waals surface area contributed by atoms with Crippen molar-refractivity contribution in [1.29, 1.82) is 0 Å². The van der Waals surface area contributed by atoms with Crippen LogP contribution in [0.5, 0.6) is 0 Å². The van der Waals surface area contributed by atoms with Crippen LogP contribution in [-0.2, 0) is 0 Å². The van der Waals surface area contributed by atoms with Gasteiger partial charge in [-0.3, -0.25) is 0 Å². The molecule has 0 spiro atoms. The molecule has 0 fully saturated rings. The number of benzene rings is 2. The fourth-order valence-corrected chi connectivity index (χ4v) is 4.50. The van der Waals surface area contributed by atoms with E-state index < -0.39 is 0 Å². The predicted octanol–water partition coefficient (Wildman–Crippen LogP) is 7.70. The lowest BCUT2D eigenvalue weighted by molar-refractivity contribution is 0.372. The van der Waals surface area contributed by atoms with Gasteiger partial charge >= 0.3 is 0 Å². The van der Waals surface area contributed by atoms with Crippen LogP contribution < -0.4 is 10.6 Å². The summed E-state index contributed by atoms with van der Waals surface area (Å²) in [5.41, 5.74) is 9.29. The van der Waals surface area contributed by atoms with Crippen molar-refractivity contribution in [1.82, 2.24) is 4.90 Å². The van der Waals surface area contributed by atoms with Crippen LogP contribution in [-0.4, -0.2) is 24.5 Å². The van der Waals surface area contributed by atoms with Gasteiger partial charge in [-0.2, -0.15) is 0 Å². The molecule has 0 amide bonds. The van der Waals surface area contributed by atoms with E-state index in [1.165, 1.54) is 45.0 Å². The zero-order chi connectivity index (χ0) is 23.1. The quantitative estimate of drug-likeness (QED) is 0.426. The highest BCUT2D eigenvalue weighted by Gasteiger charge is 2.16. The number of hydrogen-bond acceptors (Lipinski definition) is 3. The third-order valence-corrected chi connectivity index (χ3v) is 6.07. The molecule has 0 aliphatic carbocycles. The maximum absolute atomic E-state index is 3.75. The Morgan fingerprint density at radius 1 is 1.16 bits per heavy atom. The van der Waals surface area contributed by atoms with Crippen molar-refractivity contribution in [3.05, 3.63) is 76.1 Å². The Hall–Kier alpha value is -2.68. The van der Waals surface area contributed by atoms with Crippen LogP contribution in [0, 0.1) is 13.8 Å². The number of rotatable bonds is 9. The Kier molecular flexibility index (Phi) is 8.44. The minimum atomic E-state index is 0.526. The van der Waals surface area contributed by atoms with Gasteiger partial charge in [0.15, 0.2) is 0 Å². The third kappa shape index (κ3) is 6.18. The van der Waals surface area contributed by atoms with E-state index in [0.717, 1.165) is 38.9 Å². The van der Waals surface area contributed by atoms with E-state index in [1.54, 1.807) is 0 Å². The van der Waals surface area contributed by atoms with Crippen molar-refractivity contribution in [2.45, 2.75) is 66.7 Å². The molecule has 3 nitrogen and oxygen atoms in total. The van der Waals surface area contributed by atoms with E-state index in [2.05, 4.69) is 106 Å². The molecule has 172 valence electrons. The largest absolute Gasteiger partial charge is 0.384 e. The fourth-order valence-electron chi connectivity index (χ4n) is 4.50. The molecular formula is C29H41N3. The van der Waals surface area contributed by atoms with Crippen molar-refractivity contribution in [2.75, 3.05) is 30.3 Å². The Labute approximate surface area is 195 Å². The van der Waals surface area contributed by atoms with E-state index in [4.69, 9.17) is 0 Å². The molecule has 1 heterocycles. The number of nitrogens with one attached hydrogen (secondary N) is 2. The zero-order valence-corrected chi connectivity index (χ0v) is 20.9. The van der Waals surface area contributed by atoms with Gasteiger partial charge in [-0.15, -0.1) is 0 Å². The second-order valence-electron chi connectivity index (χ2n) is 9.35. The molecule has 1 aliphatic heterocycles. The first-order valence-corrected chi connectivity index (χ1v) is 12.3. The zero-order valence-electron chi connectivity index (χ0n) is 20.9. The second-order valence-corrected chi connectivity index (χ2v) is 9.35. The predicted molar refractivity (Wildman–Crippen MR) is 141 cm³/mol. The van der Waals surface area contributed by atoms with E-state index in [9.17, 15) is 0 Å². The highest BCUT2D eigenvalue weighted by atomic mass is 15.2. The highest BCUT2D eigenvalue weighted by molar-refractivity contribution is 5.73. The molecule has 0 bridgehead atoms. The molecule has 0 atom stereocenters. The molecule has 2 aromatic carbocycles. The Morgan fingerprint density at radius 2 is 1.97 bits per heavy atom. The first-order valence-electron chi connectivity index (χ1n) is 12.3.